The summed E-state index contributed by atoms with van der Waals surface area (Å²) in [7, 11) is 0. The van der Waals surface area contributed by atoms with Gasteiger partial charge in [0, 0.05) is 13.1 Å². The highest BCUT2D eigenvalue weighted by Gasteiger charge is 2.33. The van der Waals surface area contributed by atoms with Crippen molar-refractivity contribution in [2.24, 2.45) is 0 Å². The third kappa shape index (κ3) is 2.99. The Morgan fingerprint density at radius 3 is 1.71 bits per heavy atom. The van der Waals surface area contributed by atoms with Gasteiger partial charge >= 0.3 is 6.98 Å². The first-order valence-corrected chi connectivity index (χ1v) is 6.31. The first kappa shape index (κ1) is 12.1. The van der Waals surface area contributed by atoms with Crippen LogP contribution in [0.3, 0.4) is 0 Å². The fourth-order valence-electron chi connectivity index (χ4n) is 2.51. The third-order valence-corrected chi connectivity index (χ3v) is 3.09. The summed E-state index contributed by atoms with van der Waals surface area (Å²) in [6.07, 6.45) is 5.24. The van der Waals surface area contributed by atoms with Crippen molar-refractivity contribution in [1.29, 1.82) is 0 Å². The molecule has 0 N–H and O–H groups in total. The molecule has 1 fully saturated rings. The van der Waals surface area contributed by atoms with Crippen molar-refractivity contribution in [3.8, 4) is 0 Å². The zero-order chi connectivity index (χ0) is 10.4. The van der Waals surface area contributed by atoms with Crippen molar-refractivity contribution < 1.29 is 0 Å². The van der Waals surface area contributed by atoms with Crippen LogP contribution in [0.5, 0.6) is 0 Å². The number of nitrogens with zero attached hydrogens (tertiary/aromatic N) is 2. The summed E-state index contributed by atoms with van der Waals surface area (Å²) in [5.74, 6) is 0. The van der Waals surface area contributed by atoms with Crippen molar-refractivity contribution in [3.05, 3.63) is 0 Å². The molecule has 1 aliphatic heterocycles. The molecule has 0 unspecified atom stereocenters. The summed E-state index contributed by atoms with van der Waals surface area (Å²) in [6.45, 7) is 12.8. The van der Waals surface area contributed by atoms with Crippen molar-refractivity contribution >= 4 is 6.98 Å². The first-order chi connectivity index (χ1) is 6.83. The van der Waals surface area contributed by atoms with Crippen LogP contribution in [-0.4, -0.2) is 42.8 Å². The van der Waals surface area contributed by atoms with E-state index in [-0.39, 0.29) is 0 Å². The molecule has 0 atom stereocenters. The molecule has 0 amide bonds. The van der Waals surface area contributed by atoms with E-state index >= 15 is 0 Å². The van der Waals surface area contributed by atoms with Gasteiger partial charge in [0.1, 0.15) is 0 Å². The monoisotopic (exact) mass is 196 g/mol. The average Bonchev–Trinajstić information content (AvgIpc) is 2.52. The van der Waals surface area contributed by atoms with E-state index in [0.29, 0.717) is 0 Å². The molecule has 0 aromatic carbocycles. The molecule has 0 spiro atoms. The SMILES string of the molecule is CCCB1N(CCC)CCN1CCC. The molecule has 82 valence electrons. The molecule has 1 aliphatic rings. The molecule has 0 radical (unpaired) electrons. The lowest BCUT2D eigenvalue weighted by molar-refractivity contribution is 0.461. The van der Waals surface area contributed by atoms with E-state index in [0.717, 1.165) is 6.98 Å². The van der Waals surface area contributed by atoms with E-state index in [2.05, 4.69) is 30.4 Å². The molecule has 3 heteroatoms. The Bertz CT molecular complexity index is 138. The zero-order valence-corrected chi connectivity index (χ0v) is 10.1. The van der Waals surface area contributed by atoms with Gasteiger partial charge < -0.3 is 9.62 Å². The van der Waals surface area contributed by atoms with E-state index in [1.54, 1.807) is 0 Å². The highest BCUT2D eigenvalue weighted by Crippen LogP contribution is 2.16. The molecular formula is C11H25BN2. The number of hydrogen-bond donors (Lipinski definition) is 0. The minimum absolute atomic E-state index is 0.750. The molecule has 0 saturated carbocycles. The summed E-state index contributed by atoms with van der Waals surface area (Å²) < 4.78 is 0. The maximum absolute atomic E-state index is 2.67. The highest BCUT2D eigenvalue weighted by molar-refractivity contribution is 6.53. The third-order valence-electron chi connectivity index (χ3n) is 3.09. The second-order valence-electron chi connectivity index (χ2n) is 4.34. The van der Waals surface area contributed by atoms with Crippen LogP contribution < -0.4 is 0 Å². The normalized spacial score (nSPS) is 19.5. The smallest absolute Gasteiger partial charge is 0.310 e. The van der Waals surface area contributed by atoms with Crippen LogP contribution in [0.25, 0.3) is 0 Å². The Balaban J connectivity index is 2.45. The average molecular weight is 196 g/mol. The van der Waals surface area contributed by atoms with Gasteiger partial charge in [0.2, 0.25) is 0 Å². The van der Waals surface area contributed by atoms with Gasteiger partial charge in [-0.1, -0.05) is 27.2 Å². The second-order valence-corrected chi connectivity index (χ2v) is 4.34. The van der Waals surface area contributed by atoms with Crippen LogP contribution in [0, 0.1) is 0 Å². The van der Waals surface area contributed by atoms with Crippen LogP contribution >= 0.6 is 0 Å². The van der Waals surface area contributed by atoms with Gasteiger partial charge in [0.25, 0.3) is 0 Å². The van der Waals surface area contributed by atoms with Crippen LogP contribution in [0.15, 0.2) is 0 Å². The van der Waals surface area contributed by atoms with E-state index in [9.17, 15) is 0 Å². The van der Waals surface area contributed by atoms with Gasteiger partial charge in [-0.05, 0) is 32.3 Å². The molecule has 0 aromatic rings. The lowest BCUT2D eigenvalue weighted by atomic mass is 9.68. The van der Waals surface area contributed by atoms with Crippen molar-refractivity contribution in [1.82, 2.24) is 9.62 Å². The molecule has 0 aliphatic carbocycles. The van der Waals surface area contributed by atoms with Crippen LogP contribution in [-0.2, 0) is 0 Å². The van der Waals surface area contributed by atoms with E-state index in [1.807, 2.05) is 0 Å². The molecule has 1 saturated heterocycles. The summed E-state index contributed by atoms with van der Waals surface area (Å²) in [5.41, 5.74) is 0. The quantitative estimate of drug-likeness (QED) is 0.601. The molecule has 1 rings (SSSR count). The number of rotatable bonds is 6. The van der Waals surface area contributed by atoms with Crippen molar-refractivity contribution in [2.45, 2.75) is 46.4 Å². The van der Waals surface area contributed by atoms with Gasteiger partial charge in [-0.2, -0.15) is 0 Å². The Hall–Kier alpha value is -0.0151. The molecule has 0 aromatic heterocycles. The first-order valence-electron chi connectivity index (χ1n) is 6.31. The predicted octanol–water partition coefficient (Wildman–Crippen LogP) is 2.32. The summed E-state index contributed by atoms with van der Waals surface area (Å²) in [5, 5.41) is 0. The predicted molar refractivity (Wildman–Crippen MR) is 64.6 cm³/mol. The van der Waals surface area contributed by atoms with Crippen molar-refractivity contribution in [2.75, 3.05) is 26.2 Å². The van der Waals surface area contributed by atoms with Crippen LogP contribution in [0.1, 0.15) is 40.0 Å². The summed E-state index contributed by atoms with van der Waals surface area (Å²) in [4.78, 5) is 5.33. The molecule has 14 heavy (non-hydrogen) atoms. The highest BCUT2D eigenvalue weighted by atomic mass is 15.3. The topological polar surface area (TPSA) is 6.48 Å². The Kier molecular flexibility index (Phi) is 5.57. The molecule has 0 bridgehead atoms. The largest absolute Gasteiger partial charge is 0.327 e. The van der Waals surface area contributed by atoms with Crippen molar-refractivity contribution in [3.63, 3.8) is 0 Å². The zero-order valence-electron chi connectivity index (χ0n) is 10.1. The van der Waals surface area contributed by atoms with E-state index in [4.69, 9.17) is 0 Å². The molecule has 2 nitrogen and oxygen atoms in total. The number of hydrogen-bond acceptors (Lipinski definition) is 2. The van der Waals surface area contributed by atoms with E-state index < -0.39 is 0 Å². The van der Waals surface area contributed by atoms with Gasteiger partial charge in [-0.25, -0.2) is 0 Å². The second kappa shape index (κ2) is 6.47. The lowest BCUT2D eigenvalue weighted by Gasteiger charge is -2.25. The summed E-state index contributed by atoms with van der Waals surface area (Å²) in [6, 6.07) is 0. The van der Waals surface area contributed by atoms with Gasteiger partial charge in [-0.15, -0.1) is 0 Å². The maximum atomic E-state index is 2.67. The van der Waals surface area contributed by atoms with E-state index in [1.165, 1.54) is 51.8 Å². The van der Waals surface area contributed by atoms with Gasteiger partial charge in [0.05, 0.1) is 0 Å². The fraction of sp³-hybridized carbons (Fsp3) is 1.00. The minimum Gasteiger partial charge on any atom is -0.327 e. The van der Waals surface area contributed by atoms with Gasteiger partial charge in [0.15, 0.2) is 0 Å². The van der Waals surface area contributed by atoms with Crippen LogP contribution in [0.4, 0.5) is 0 Å². The lowest BCUT2D eigenvalue weighted by Crippen LogP contribution is -2.44. The molecular weight excluding hydrogens is 171 g/mol. The van der Waals surface area contributed by atoms with Gasteiger partial charge in [-0.3, -0.25) is 0 Å². The van der Waals surface area contributed by atoms with Crippen LogP contribution in [0.2, 0.25) is 6.32 Å². The Morgan fingerprint density at radius 1 is 0.857 bits per heavy atom. The molecule has 1 heterocycles. The Morgan fingerprint density at radius 2 is 1.36 bits per heavy atom. The standard InChI is InChI=1S/C11H25BN2/c1-4-7-12-13(8-5-2)10-11-14(12)9-6-3/h4-11H2,1-3H3. The summed E-state index contributed by atoms with van der Waals surface area (Å²) >= 11 is 0. The Labute approximate surface area is 89.8 Å². The maximum Gasteiger partial charge on any atom is 0.310 e. The minimum atomic E-state index is 0.750. The fourth-order valence-corrected chi connectivity index (χ4v) is 2.51.